The zero-order valence-corrected chi connectivity index (χ0v) is 9.40. The molecule has 1 fully saturated rings. The van der Waals surface area contributed by atoms with Crippen LogP contribution in [-0.2, 0) is 0 Å². The number of aromatic nitrogens is 2. The third-order valence-electron chi connectivity index (χ3n) is 3.16. The third-order valence-corrected chi connectivity index (χ3v) is 3.53. The van der Waals surface area contributed by atoms with Crippen molar-refractivity contribution in [3.8, 4) is 0 Å². The lowest BCUT2D eigenvalue weighted by molar-refractivity contribution is 0.521. The predicted molar refractivity (Wildman–Crippen MR) is 60.3 cm³/mol. The summed E-state index contributed by atoms with van der Waals surface area (Å²) in [7, 11) is 0. The molecule has 0 spiro atoms. The second-order valence-electron chi connectivity index (χ2n) is 4.13. The Bertz CT molecular complexity index is 411. The van der Waals surface area contributed by atoms with Crippen LogP contribution in [-0.4, -0.2) is 16.7 Å². The molecule has 0 aliphatic heterocycles. The lowest BCUT2D eigenvalue weighted by Crippen LogP contribution is -2.17. The van der Waals surface area contributed by atoms with Gasteiger partial charge in [0.05, 0.1) is 11.9 Å². The van der Waals surface area contributed by atoms with E-state index in [0.717, 1.165) is 13.0 Å². The number of hydrogen-bond acceptors (Lipinski definition) is 3. The van der Waals surface area contributed by atoms with E-state index in [4.69, 9.17) is 11.6 Å². The van der Waals surface area contributed by atoms with Gasteiger partial charge in [-0.1, -0.05) is 18.5 Å². The van der Waals surface area contributed by atoms with Crippen molar-refractivity contribution in [2.75, 3.05) is 11.9 Å². The number of H-pyrrole nitrogens is 1. The van der Waals surface area contributed by atoms with E-state index in [1.54, 1.807) is 6.20 Å². The highest BCUT2D eigenvalue weighted by atomic mass is 35.5. The molecule has 1 heterocycles. The van der Waals surface area contributed by atoms with Crippen LogP contribution < -0.4 is 10.9 Å². The Morgan fingerprint density at radius 3 is 3.00 bits per heavy atom. The molecule has 4 nitrogen and oxygen atoms in total. The van der Waals surface area contributed by atoms with Crippen LogP contribution in [0.2, 0.25) is 5.02 Å². The highest BCUT2D eigenvalue weighted by Gasteiger charge is 2.40. The van der Waals surface area contributed by atoms with Gasteiger partial charge in [0, 0.05) is 6.54 Å². The summed E-state index contributed by atoms with van der Waals surface area (Å²) in [5.74, 6) is 0. The second kappa shape index (κ2) is 3.85. The van der Waals surface area contributed by atoms with Crippen molar-refractivity contribution in [3.63, 3.8) is 0 Å². The molecule has 1 aromatic heterocycles. The van der Waals surface area contributed by atoms with Crippen LogP contribution in [0.5, 0.6) is 0 Å². The first-order chi connectivity index (χ1) is 7.17. The summed E-state index contributed by atoms with van der Waals surface area (Å²) in [4.78, 5) is 11.2. The molecule has 1 aliphatic rings. The van der Waals surface area contributed by atoms with Crippen LogP contribution in [0.3, 0.4) is 0 Å². The Morgan fingerprint density at radius 1 is 1.67 bits per heavy atom. The number of aromatic amines is 1. The first kappa shape index (κ1) is 10.5. The smallest absolute Gasteiger partial charge is 0.285 e. The molecule has 2 N–H and O–H groups in total. The Kier molecular flexibility index (Phi) is 2.69. The zero-order valence-electron chi connectivity index (χ0n) is 8.64. The Hall–Kier alpha value is -1.03. The first-order valence-electron chi connectivity index (χ1n) is 5.14. The number of nitrogens with one attached hydrogen (secondary N) is 2. The van der Waals surface area contributed by atoms with Crippen LogP contribution in [0.25, 0.3) is 0 Å². The van der Waals surface area contributed by atoms with Gasteiger partial charge in [0.1, 0.15) is 5.02 Å². The van der Waals surface area contributed by atoms with E-state index in [1.807, 2.05) is 0 Å². The van der Waals surface area contributed by atoms with E-state index >= 15 is 0 Å². The summed E-state index contributed by atoms with van der Waals surface area (Å²) in [6, 6.07) is 0. The van der Waals surface area contributed by atoms with Gasteiger partial charge in [-0.2, -0.15) is 5.10 Å². The molecule has 0 aromatic carbocycles. The quantitative estimate of drug-likeness (QED) is 0.828. The fraction of sp³-hybridized carbons (Fsp3) is 0.600. The van der Waals surface area contributed by atoms with Gasteiger partial charge >= 0.3 is 0 Å². The van der Waals surface area contributed by atoms with Crippen molar-refractivity contribution in [1.29, 1.82) is 0 Å². The molecule has 0 unspecified atom stereocenters. The predicted octanol–water partition coefficient (Wildman–Crippen LogP) is 2.03. The summed E-state index contributed by atoms with van der Waals surface area (Å²) >= 11 is 5.84. The van der Waals surface area contributed by atoms with Crippen molar-refractivity contribution in [1.82, 2.24) is 10.2 Å². The van der Waals surface area contributed by atoms with Gasteiger partial charge in [0.15, 0.2) is 0 Å². The molecule has 1 saturated carbocycles. The Balaban J connectivity index is 2.05. The lowest BCUT2D eigenvalue weighted by atomic mass is 10.0. The minimum atomic E-state index is -0.344. The fourth-order valence-corrected chi connectivity index (χ4v) is 1.78. The Labute approximate surface area is 93.0 Å². The van der Waals surface area contributed by atoms with Crippen LogP contribution in [0.4, 0.5) is 5.69 Å². The van der Waals surface area contributed by atoms with Gasteiger partial charge in [-0.15, -0.1) is 0 Å². The molecule has 0 bridgehead atoms. The number of hydrogen-bond donors (Lipinski definition) is 2. The third kappa shape index (κ3) is 2.15. The molecular formula is C10H14ClN3O. The molecule has 5 heteroatoms. The van der Waals surface area contributed by atoms with Gasteiger partial charge in [0.2, 0.25) is 0 Å². The van der Waals surface area contributed by atoms with Crippen LogP contribution in [0.15, 0.2) is 11.0 Å². The highest BCUT2D eigenvalue weighted by molar-refractivity contribution is 6.32. The maximum atomic E-state index is 11.2. The van der Waals surface area contributed by atoms with E-state index in [-0.39, 0.29) is 10.6 Å². The van der Waals surface area contributed by atoms with E-state index in [9.17, 15) is 4.79 Å². The van der Waals surface area contributed by atoms with E-state index in [2.05, 4.69) is 22.4 Å². The molecule has 0 radical (unpaired) electrons. The summed E-state index contributed by atoms with van der Waals surface area (Å²) in [6.07, 6.45) is 5.22. The van der Waals surface area contributed by atoms with Crippen LogP contribution in [0, 0.1) is 5.41 Å². The lowest BCUT2D eigenvalue weighted by Gasteiger charge is -2.14. The van der Waals surface area contributed by atoms with Gasteiger partial charge < -0.3 is 5.32 Å². The molecule has 82 valence electrons. The minimum absolute atomic E-state index is 0.192. The van der Waals surface area contributed by atoms with E-state index in [0.29, 0.717) is 11.1 Å². The van der Waals surface area contributed by atoms with Crippen molar-refractivity contribution < 1.29 is 0 Å². The molecule has 0 amide bonds. The number of anilines is 1. The normalized spacial score (nSPS) is 17.5. The minimum Gasteiger partial charge on any atom is -0.382 e. The number of nitrogens with zero attached hydrogens (tertiary/aromatic N) is 1. The summed E-state index contributed by atoms with van der Waals surface area (Å²) in [6.45, 7) is 3.06. The van der Waals surface area contributed by atoms with Gasteiger partial charge in [-0.25, -0.2) is 5.10 Å². The summed E-state index contributed by atoms with van der Waals surface area (Å²) < 4.78 is 0. The molecule has 2 rings (SSSR count). The monoisotopic (exact) mass is 227 g/mol. The molecule has 1 aromatic rings. The van der Waals surface area contributed by atoms with E-state index in [1.165, 1.54) is 12.8 Å². The molecule has 1 aliphatic carbocycles. The van der Waals surface area contributed by atoms with Crippen molar-refractivity contribution in [2.45, 2.75) is 26.2 Å². The maximum absolute atomic E-state index is 11.2. The zero-order chi connectivity index (χ0) is 10.9. The summed E-state index contributed by atoms with van der Waals surface area (Å²) in [5, 5.41) is 9.38. The fourth-order valence-electron chi connectivity index (χ4n) is 1.62. The van der Waals surface area contributed by atoms with Crippen molar-refractivity contribution >= 4 is 17.3 Å². The second-order valence-corrected chi connectivity index (χ2v) is 4.51. The number of rotatable bonds is 4. The average Bonchev–Trinajstić information content (AvgIpc) is 3.01. The van der Waals surface area contributed by atoms with Crippen LogP contribution >= 0.6 is 11.6 Å². The number of halogens is 1. The standard InChI is InChI=1S/C10H14ClN3O/c1-2-10(3-4-10)6-12-7-5-13-14-9(15)8(7)11/h5H,2-4,6H2,1H3,(H2,12,14,15). The Morgan fingerprint density at radius 2 is 2.40 bits per heavy atom. The van der Waals surface area contributed by atoms with E-state index < -0.39 is 0 Å². The van der Waals surface area contributed by atoms with Crippen LogP contribution in [0.1, 0.15) is 26.2 Å². The average molecular weight is 228 g/mol. The van der Waals surface area contributed by atoms with Crippen molar-refractivity contribution in [3.05, 3.63) is 21.6 Å². The molecule has 0 atom stereocenters. The molecule has 15 heavy (non-hydrogen) atoms. The maximum Gasteiger partial charge on any atom is 0.285 e. The van der Waals surface area contributed by atoms with Gasteiger partial charge in [-0.3, -0.25) is 4.79 Å². The van der Waals surface area contributed by atoms with Gasteiger partial charge in [0.25, 0.3) is 5.56 Å². The largest absolute Gasteiger partial charge is 0.382 e. The SMILES string of the molecule is CCC1(CNc2cn[nH]c(=O)c2Cl)CC1. The van der Waals surface area contributed by atoms with Gasteiger partial charge in [-0.05, 0) is 24.7 Å². The summed E-state index contributed by atoms with van der Waals surface area (Å²) in [5.41, 5.74) is 0.703. The molecular weight excluding hydrogens is 214 g/mol. The highest BCUT2D eigenvalue weighted by Crippen LogP contribution is 2.48. The topological polar surface area (TPSA) is 57.8 Å². The first-order valence-corrected chi connectivity index (χ1v) is 5.52. The molecule has 0 saturated heterocycles. The van der Waals surface area contributed by atoms with Crippen molar-refractivity contribution in [2.24, 2.45) is 5.41 Å².